The molecule has 0 saturated carbocycles. The molecule has 0 bridgehead atoms. The molecule has 4 heterocycles. The lowest BCUT2D eigenvalue weighted by atomic mass is 9.95. The molecule has 0 spiro atoms. The largest absolute Gasteiger partial charge is 0.494 e. The Bertz CT molecular complexity index is 1450. The molecule has 2 atom stereocenters. The molecule has 1 saturated heterocycles. The number of pyridine rings is 2. The number of carbonyl (C=O) groups is 1. The van der Waals surface area contributed by atoms with Gasteiger partial charge in [-0.15, -0.1) is 0 Å². The van der Waals surface area contributed by atoms with Gasteiger partial charge in [0.15, 0.2) is 5.11 Å². The predicted molar refractivity (Wildman–Crippen MR) is 153 cm³/mol. The molecule has 38 heavy (non-hydrogen) atoms. The summed E-state index contributed by atoms with van der Waals surface area (Å²) in [4.78, 5) is 23.6. The molecule has 1 aliphatic rings. The Balaban J connectivity index is 1.60. The summed E-state index contributed by atoms with van der Waals surface area (Å²) in [7, 11) is 1.59. The topological polar surface area (TPSA) is 84.3 Å². The van der Waals surface area contributed by atoms with Crippen LogP contribution in [0.15, 0.2) is 85.5 Å². The van der Waals surface area contributed by atoms with Crippen LogP contribution in [0.3, 0.4) is 0 Å². The van der Waals surface area contributed by atoms with E-state index in [1.807, 2.05) is 81.6 Å². The van der Waals surface area contributed by atoms with Crippen LogP contribution in [0.2, 0.25) is 0 Å². The lowest BCUT2D eigenvalue weighted by Gasteiger charge is -2.29. The van der Waals surface area contributed by atoms with Gasteiger partial charge in [0.2, 0.25) is 5.91 Å². The van der Waals surface area contributed by atoms with Crippen LogP contribution in [-0.2, 0) is 4.79 Å². The lowest BCUT2D eigenvalue weighted by Crippen LogP contribution is -2.30. The van der Waals surface area contributed by atoms with Crippen LogP contribution in [0, 0.1) is 5.41 Å². The highest BCUT2D eigenvalue weighted by Gasteiger charge is 2.42. The van der Waals surface area contributed by atoms with Crippen LogP contribution in [0.4, 0.5) is 11.4 Å². The number of benzene rings is 1. The van der Waals surface area contributed by atoms with Crippen molar-refractivity contribution >= 4 is 34.6 Å². The Kier molecular flexibility index (Phi) is 6.86. The minimum atomic E-state index is -0.538. The fraction of sp³-hybridized carbons (Fsp3) is 0.241. The number of rotatable bonds is 6. The van der Waals surface area contributed by atoms with Gasteiger partial charge in [-0.25, -0.2) is 0 Å². The third-order valence-corrected chi connectivity index (χ3v) is 6.83. The number of carbonyl (C=O) groups excluding carboxylic acids is 1. The second-order valence-electron chi connectivity index (χ2n) is 10.1. The highest BCUT2D eigenvalue weighted by Crippen LogP contribution is 2.44. The van der Waals surface area contributed by atoms with Crippen LogP contribution < -0.4 is 20.3 Å². The summed E-state index contributed by atoms with van der Waals surface area (Å²) in [5.41, 5.74) is 3.81. The molecule has 1 aliphatic heterocycles. The molecule has 0 aliphatic carbocycles. The van der Waals surface area contributed by atoms with Crippen molar-refractivity contribution in [2.24, 2.45) is 5.41 Å². The number of nitrogens with zero attached hydrogens (tertiary/aromatic N) is 4. The van der Waals surface area contributed by atoms with Gasteiger partial charge in [0.25, 0.3) is 0 Å². The number of ether oxygens (including phenoxy) is 1. The molecule has 9 heteroatoms. The molecule has 0 radical (unpaired) electrons. The first kappa shape index (κ1) is 25.4. The first-order valence-electron chi connectivity index (χ1n) is 12.4. The maximum absolute atomic E-state index is 12.7. The first-order valence-corrected chi connectivity index (χ1v) is 12.8. The highest BCUT2D eigenvalue weighted by molar-refractivity contribution is 7.80. The van der Waals surface area contributed by atoms with Gasteiger partial charge >= 0.3 is 0 Å². The number of nitrogens with one attached hydrogen (secondary N) is 2. The first-order chi connectivity index (χ1) is 18.3. The summed E-state index contributed by atoms with van der Waals surface area (Å²) in [6.07, 6.45) is 7.38. The van der Waals surface area contributed by atoms with Gasteiger partial charge in [0.1, 0.15) is 11.8 Å². The van der Waals surface area contributed by atoms with Crippen molar-refractivity contribution in [2.45, 2.75) is 32.9 Å². The van der Waals surface area contributed by atoms with Crippen LogP contribution in [0.1, 0.15) is 44.2 Å². The van der Waals surface area contributed by atoms with E-state index >= 15 is 0 Å². The summed E-state index contributed by atoms with van der Waals surface area (Å²) in [5.74, 6) is 0.456. The number of hydrogen-bond donors (Lipinski definition) is 2. The average molecular weight is 527 g/mol. The quantitative estimate of drug-likeness (QED) is 0.324. The predicted octanol–water partition coefficient (Wildman–Crippen LogP) is 5.44. The second-order valence-corrected chi connectivity index (χ2v) is 10.5. The van der Waals surface area contributed by atoms with Gasteiger partial charge < -0.3 is 24.8 Å². The van der Waals surface area contributed by atoms with Crippen molar-refractivity contribution in [3.63, 3.8) is 0 Å². The Labute approximate surface area is 227 Å². The summed E-state index contributed by atoms with van der Waals surface area (Å²) in [6.45, 7) is 5.62. The normalized spacial score (nSPS) is 17.3. The monoisotopic (exact) mass is 526 g/mol. The molecule has 1 amide bonds. The highest BCUT2D eigenvalue weighted by atomic mass is 32.1. The molecule has 194 valence electrons. The van der Waals surface area contributed by atoms with Crippen molar-refractivity contribution in [1.29, 1.82) is 0 Å². The fourth-order valence-electron chi connectivity index (χ4n) is 4.55. The Morgan fingerprint density at radius 2 is 1.82 bits per heavy atom. The minimum absolute atomic E-state index is 0.0924. The average Bonchev–Trinajstić information content (AvgIpc) is 3.53. The van der Waals surface area contributed by atoms with Gasteiger partial charge in [-0.3, -0.25) is 14.8 Å². The van der Waals surface area contributed by atoms with Gasteiger partial charge in [-0.1, -0.05) is 26.8 Å². The molecule has 3 aromatic heterocycles. The Morgan fingerprint density at radius 3 is 2.50 bits per heavy atom. The SMILES string of the molecule is COc1cc(N2C(=S)N[C@@H](c3ccccn3)[C@H]2c2cccn2-c2ccncc2)ccc1NC(=O)C(C)(C)C. The molecule has 1 aromatic carbocycles. The molecule has 1 fully saturated rings. The van der Waals surface area contributed by atoms with E-state index in [-0.39, 0.29) is 18.0 Å². The van der Waals surface area contributed by atoms with Crippen molar-refractivity contribution in [1.82, 2.24) is 19.9 Å². The number of thiocarbonyl (C=S) groups is 1. The number of anilines is 2. The molecule has 5 rings (SSSR count). The number of hydrogen-bond acceptors (Lipinski definition) is 5. The van der Waals surface area contributed by atoms with Crippen LogP contribution in [-0.4, -0.2) is 32.7 Å². The summed E-state index contributed by atoms with van der Waals surface area (Å²) in [5, 5.41) is 7.05. The summed E-state index contributed by atoms with van der Waals surface area (Å²) in [6, 6.07) is 19.2. The van der Waals surface area contributed by atoms with E-state index in [0.717, 1.165) is 22.8 Å². The van der Waals surface area contributed by atoms with E-state index in [1.165, 1.54) is 0 Å². The van der Waals surface area contributed by atoms with E-state index in [2.05, 4.69) is 36.1 Å². The summed E-state index contributed by atoms with van der Waals surface area (Å²) < 4.78 is 7.83. The molecular formula is C29H30N6O2S. The smallest absolute Gasteiger partial charge is 0.229 e. The lowest BCUT2D eigenvalue weighted by molar-refractivity contribution is -0.123. The van der Waals surface area contributed by atoms with E-state index in [0.29, 0.717) is 16.5 Å². The molecule has 2 N–H and O–H groups in total. The minimum Gasteiger partial charge on any atom is -0.494 e. The third kappa shape index (κ3) is 4.84. The third-order valence-electron chi connectivity index (χ3n) is 6.51. The zero-order valence-corrected chi connectivity index (χ0v) is 22.6. The molecular weight excluding hydrogens is 496 g/mol. The van der Waals surface area contributed by atoms with Crippen molar-refractivity contribution in [2.75, 3.05) is 17.3 Å². The van der Waals surface area contributed by atoms with Gasteiger partial charge in [-0.05, 0) is 60.7 Å². The molecule has 4 aromatic rings. The zero-order chi connectivity index (χ0) is 26.9. The van der Waals surface area contributed by atoms with E-state index in [1.54, 1.807) is 25.7 Å². The van der Waals surface area contributed by atoms with E-state index < -0.39 is 5.41 Å². The van der Waals surface area contributed by atoms with Gasteiger partial charge in [-0.2, -0.15) is 0 Å². The van der Waals surface area contributed by atoms with Crippen LogP contribution >= 0.6 is 12.2 Å². The Hall–Kier alpha value is -4.24. The molecule has 0 unspecified atom stereocenters. The van der Waals surface area contributed by atoms with Crippen LogP contribution in [0.5, 0.6) is 5.75 Å². The van der Waals surface area contributed by atoms with Crippen molar-refractivity contribution < 1.29 is 9.53 Å². The standard InChI is InChI=1S/C29H30N6O2S/c1-29(2,3)27(36)32-21-11-10-20(18-24(21)37-4)35-26(25(33-28(35)38)22-8-5-6-14-31-22)23-9-7-17-34(23)19-12-15-30-16-13-19/h5-18,25-26H,1-4H3,(H,32,36)(H,33,38)/t25-,26+/m0/s1. The van der Waals surface area contributed by atoms with Crippen LogP contribution in [0.25, 0.3) is 5.69 Å². The Morgan fingerprint density at radius 1 is 1.03 bits per heavy atom. The number of amides is 1. The second kappa shape index (κ2) is 10.3. The van der Waals surface area contributed by atoms with Gasteiger partial charge in [0, 0.05) is 53.3 Å². The summed E-state index contributed by atoms with van der Waals surface area (Å²) >= 11 is 5.90. The number of methoxy groups -OCH3 is 1. The van der Waals surface area contributed by atoms with E-state index in [4.69, 9.17) is 17.0 Å². The maximum Gasteiger partial charge on any atom is 0.229 e. The maximum atomic E-state index is 12.7. The number of aromatic nitrogens is 3. The van der Waals surface area contributed by atoms with Crippen molar-refractivity contribution in [3.05, 3.63) is 96.8 Å². The van der Waals surface area contributed by atoms with E-state index in [9.17, 15) is 4.79 Å². The zero-order valence-electron chi connectivity index (χ0n) is 21.8. The fourth-order valence-corrected chi connectivity index (χ4v) is 4.90. The van der Waals surface area contributed by atoms with Gasteiger partial charge in [0.05, 0.1) is 24.5 Å². The molecule has 8 nitrogen and oxygen atoms in total. The van der Waals surface area contributed by atoms with Crippen molar-refractivity contribution in [3.8, 4) is 11.4 Å².